The zero-order chi connectivity index (χ0) is 12.5. The Morgan fingerprint density at radius 1 is 1.41 bits per heavy atom. The highest BCUT2D eigenvalue weighted by molar-refractivity contribution is 5.78. The number of nitrogens with two attached hydrogens (primary N) is 1. The monoisotopic (exact) mass is 238 g/mol. The van der Waals surface area contributed by atoms with E-state index in [9.17, 15) is 9.59 Å². The zero-order valence-corrected chi connectivity index (χ0v) is 9.69. The fraction of sp³-hybridized carbons (Fsp3) is 0.667. The molecule has 17 heavy (non-hydrogen) atoms. The van der Waals surface area contributed by atoms with E-state index in [1.807, 2.05) is 0 Å². The molecule has 94 valence electrons. The first-order valence-electron chi connectivity index (χ1n) is 5.98. The molecule has 1 amide bonds. The molecule has 0 aromatic rings. The number of hydrogen-bond acceptors (Lipinski definition) is 3. The van der Waals surface area contributed by atoms with Crippen molar-refractivity contribution in [1.82, 2.24) is 5.32 Å². The van der Waals surface area contributed by atoms with E-state index >= 15 is 0 Å². The number of carboxylic acids is 1. The Bertz CT molecular complexity index is 361. The molecule has 2 rings (SSSR count). The van der Waals surface area contributed by atoms with Crippen molar-refractivity contribution in [2.75, 3.05) is 0 Å². The maximum Gasteiger partial charge on any atom is 0.310 e. The topological polar surface area (TPSA) is 92.4 Å². The molecule has 4 N–H and O–H groups in total. The normalized spacial score (nSPS) is 29.7. The van der Waals surface area contributed by atoms with Crippen LogP contribution in [0.3, 0.4) is 0 Å². The van der Waals surface area contributed by atoms with Crippen LogP contribution in [0.1, 0.15) is 32.1 Å². The Hall–Kier alpha value is -1.36. The highest BCUT2D eigenvalue weighted by atomic mass is 16.4. The van der Waals surface area contributed by atoms with Crippen LogP contribution in [0.15, 0.2) is 12.2 Å². The first kappa shape index (κ1) is 12.1. The summed E-state index contributed by atoms with van der Waals surface area (Å²) < 4.78 is 0. The lowest BCUT2D eigenvalue weighted by Gasteiger charge is -2.37. The van der Waals surface area contributed by atoms with Crippen LogP contribution in [0.5, 0.6) is 0 Å². The lowest BCUT2D eigenvalue weighted by molar-refractivity contribution is -0.140. The number of carboxylic acid groups (broad SMARTS) is 1. The van der Waals surface area contributed by atoms with Crippen LogP contribution < -0.4 is 11.1 Å². The van der Waals surface area contributed by atoms with Gasteiger partial charge in [-0.3, -0.25) is 9.59 Å². The van der Waals surface area contributed by atoms with Crippen LogP contribution in [0.25, 0.3) is 0 Å². The Labute approximate surface area is 100 Å². The standard InChI is InChI=1S/C12H18N2O3/c13-12(4-1-5-12)7-10(15)14-9-3-2-8(6-9)11(16)17/h2-3,8-9H,1,4-7,13H2,(H,14,15)(H,16,17). The van der Waals surface area contributed by atoms with E-state index in [-0.39, 0.29) is 17.5 Å². The number of aliphatic carboxylic acids is 1. The molecule has 5 nitrogen and oxygen atoms in total. The Morgan fingerprint density at radius 3 is 2.59 bits per heavy atom. The number of carbonyl (C=O) groups is 2. The fourth-order valence-corrected chi connectivity index (χ4v) is 2.37. The molecule has 0 aliphatic heterocycles. The van der Waals surface area contributed by atoms with Crippen molar-refractivity contribution in [3.8, 4) is 0 Å². The number of rotatable bonds is 4. The first-order valence-corrected chi connectivity index (χ1v) is 5.98. The van der Waals surface area contributed by atoms with Crippen LogP contribution in [0.4, 0.5) is 0 Å². The molecule has 0 bridgehead atoms. The first-order chi connectivity index (χ1) is 7.98. The van der Waals surface area contributed by atoms with Gasteiger partial charge >= 0.3 is 5.97 Å². The molecule has 0 radical (unpaired) electrons. The predicted molar refractivity (Wildman–Crippen MR) is 62.2 cm³/mol. The second-order valence-electron chi connectivity index (χ2n) is 5.13. The summed E-state index contributed by atoms with van der Waals surface area (Å²) in [4.78, 5) is 22.4. The highest BCUT2D eigenvalue weighted by Crippen LogP contribution is 2.32. The summed E-state index contributed by atoms with van der Waals surface area (Å²) in [5, 5.41) is 11.6. The third-order valence-corrected chi connectivity index (χ3v) is 3.61. The van der Waals surface area contributed by atoms with Gasteiger partial charge in [-0.2, -0.15) is 0 Å². The van der Waals surface area contributed by atoms with Gasteiger partial charge in [0.25, 0.3) is 0 Å². The molecule has 2 aliphatic rings. The molecular formula is C12H18N2O3. The fourth-order valence-electron chi connectivity index (χ4n) is 2.37. The maximum atomic E-state index is 11.7. The van der Waals surface area contributed by atoms with Gasteiger partial charge in [0.05, 0.1) is 5.92 Å². The van der Waals surface area contributed by atoms with E-state index in [1.54, 1.807) is 12.2 Å². The summed E-state index contributed by atoms with van der Waals surface area (Å²) in [5.74, 6) is -1.39. The minimum absolute atomic E-state index is 0.0760. The smallest absolute Gasteiger partial charge is 0.310 e. The van der Waals surface area contributed by atoms with Crippen LogP contribution in [-0.2, 0) is 9.59 Å². The molecule has 2 unspecified atom stereocenters. The van der Waals surface area contributed by atoms with Gasteiger partial charge in [-0.1, -0.05) is 12.2 Å². The zero-order valence-electron chi connectivity index (χ0n) is 9.69. The molecule has 2 atom stereocenters. The SMILES string of the molecule is NC1(CC(=O)NC2C=CC(C(=O)O)C2)CCC1. The van der Waals surface area contributed by atoms with Crippen molar-refractivity contribution in [3.63, 3.8) is 0 Å². The van der Waals surface area contributed by atoms with Gasteiger partial charge in [-0.15, -0.1) is 0 Å². The largest absolute Gasteiger partial charge is 0.481 e. The van der Waals surface area contributed by atoms with Crippen molar-refractivity contribution >= 4 is 11.9 Å². The Kier molecular flexibility index (Phi) is 3.19. The van der Waals surface area contributed by atoms with Crippen molar-refractivity contribution in [2.24, 2.45) is 11.7 Å². The Morgan fingerprint density at radius 2 is 2.12 bits per heavy atom. The maximum absolute atomic E-state index is 11.7. The van der Waals surface area contributed by atoms with Crippen LogP contribution in [0, 0.1) is 5.92 Å². The lowest BCUT2D eigenvalue weighted by atomic mass is 9.75. The second kappa shape index (κ2) is 4.49. The predicted octanol–water partition coefficient (Wildman–Crippen LogP) is 0.403. The van der Waals surface area contributed by atoms with Gasteiger partial charge in [-0.05, 0) is 25.7 Å². The quantitative estimate of drug-likeness (QED) is 0.618. The summed E-state index contributed by atoms with van der Waals surface area (Å²) >= 11 is 0. The Balaban J connectivity index is 1.77. The summed E-state index contributed by atoms with van der Waals surface area (Å²) in [6, 6.07) is -0.160. The molecule has 1 saturated carbocycles. The van der Waals surface area contributed by atoms with Gasteiger partial charge in [-0.25, -0.2) is 0 Å². The van der Waals surface area contributed by atoms with Crippen LogP contribution in [-0.4, -0.2) is 28.6 Å². The molecule has 2 aliphatic carbocycles. The van der Waals surface area contributed by atoms with Crippen molar-refractivity contribution in [3.05, 3.63) is 12.2 Å². The van der Waals surface area contributed by atoms with Crippen molar-refractivity contribution < 1.29 is 14.7 Å². The van der Waals surface area contributed by atoms with Gasteiger partial charge in [0.1, 0.15) is 0 Å². The third kappa shape index (κ3) is 2.85. The van der Waals surface area contributed by atoms with E-state index in [0.29, 0.717) is 12.8 Å². The van der Waals surface area contributed by atoms with Gasteiger partial charge in [0, 0.05) is 18.0 Å². The minimum Gasteiger partial charge on any atom is -0.481 e. The summed E-state index contributed by atoms with van der Waals surface area (Å²) in [5.41, 5.74) is 5.66. The average Bonchev–Trinajstić information content (AvgIpc) is 2.63. The van der Waals surface area contributed by atoms with Gasteiger partial charge < -0.3 is 16.2 Å². The van der Waals surface area contributed by atoms with Gasteiger partial charge in [0.15, 0.2) is 0 Å². The molecule has 0 spiro atoms. The number of hydrogen-bond donors (Lipinski definition) is 3. The van der Waals surface area contributed by atoms with E-state index in [4.69, 9.17) is 10.8 Å². The average molecular weight is 238 g/mol. The summed E-state index contributed by atoms with van der Waals surface area (Å²) in [6.07, 6.45) is 7.06. The summed E-state index contributed by atoms with van der Waals surface area (Å²) in [6.45, 7) is 0. The number of nitrogens with one attached hydrogen (secondary N) is 1. The molecule has 0 aromatic carbocycles. The minimum atomic E-state index is -0.840. The van der Waals surface area contributed by atoms with Gasteiger partial charge in [0.2, 0.25) is 5.91 Å². The second-order valence-corrected chi connectivity index (χ2v) is 5.13. The third-order valence-electron chi connectivity index (χ3n) is 3.61. The molecule has 0 heterocycles. The van der Waals surface area contributed by atoms with E-state index in [2.05, 4.69) is 5.32 Å². The van der Waals surface area contributed by atoms with Crippen molar-refractivity contribution in [1.29, 1.82) is 0 Å². The number of amides is 1. The van der Waals surface area contributed by atoms with Crippen molar-refractivity contribution in [2.45, 2.75) is 43.7 Å². The lowest BCUT2D eigenvalue weighted by Crippen LogP contribution is -2.50. The van der Waals surface area contributed by atoms with E-state index in [0.717, 1.165) is 19.3 Å². The summed E-state index contributed by atoms with van der Waals surface area (Å²) in [7, 11) is 0. The molecule has 5 heteroatoms. The van der Waals surface area contributed by atoms with Crippen LogP contribution in [0.2, 0.25) is 0 Å². The van der Waals surface area contributed by atoms with Crippen LogP contribution >= 0.6 is 0 Å². The highest BCUT2D eigenvalue weighted by Gasteiger charge is 2.35. The molecule has 0 aromatic heterocycles. The number of carbonyl (C=O) groups excluding carboxylic acids is 1. The van der Waals surface area contributed by atoms with E-state index in [1.165, 1.54) is 0 Å². The van der Waals surface area contributed by atoms with E-state index < -0.39 is 11.9 Å². The molecule has 0 saturated heterocycles. The molecular weight excluding hydrogens is 220 g/mol. The molecule has 1 fully saturated rings.